The summed E-state index contributed by atoms with van der Waals surface area (Å²) in [4.78, 5) is 36.5. The molecule has 2 amide bonds. The molecule has 2 aromatic carbocycles. The van der Waals surface area contributed by atoms with E-state index in [-0.39, 0.29) is 18.7 Å². The Morgan fingerprint density at radius 3 is 2.44 bits per heavy atom. The number of aromatic nitrogens is 1. The van der Waals surface area contributed by atoms with Crippen LogP contribution in [0.25, 0.3) is 0 Å². The van der Waals surface area contributed by atoms with Crippen LogP contribution in [0.3, 0.4) is 0 Å². The van der Waals surface area contributed by atoms with Crippen molar-refractivity contribution in [2.45, 2.75) is 25.6 Å². The molecule has 166 valence electrons. The van der Waals surface area contributed by atoms with Crippen LogP contribution >= 0.6 is 0 Å². The zero-order chi connectivity index (χ0) is 23.1. The van der Waals surface area contributed by atoms with Crippen LogP contribution in [0, 0.1) is 5.82 Å². The second kappa shape index (κ2) is 10.4. The summed E-state index contributed by atoms with van der Waals surface area (Å²) in [5.41, 5.74) is 6.83. The predicted octanol–water partition coefficient (Wildman–Crippen LogP) is 2.83. The molecule has 1 heterocycles. The molecule has 3 aromatic rings. The third-order valence-corrected chi connectivity index (χ3v) is 4.87. The maximum atomic E-state index is 13.9. The van der Waals surface area contributed by atoms with Crippen LogP contribution < -0.4 is 21.9 Å². The number of amides is 2. The van der Waals surface area contributed by atoms with Crippen LogP contribution in [0.1, 0.15) is 29.2 Å². The number of nitrogens with zero attached hydrogens (tertiary/aromatic N) is 1. The molecule has 32 heavy (non-hydrogen) atoms. The molecule has 3 rings (SSSR count). The van der Waals surface area contributed by atoms with E-state index in [1.807, 2.05) is 0 Å². The van der Waals surface area contributed by atoms with Gasteiger partial charge in [-0.2, -0.15) is 0 Å². The molecule has 1 aromatic heterocycles. The first-order chi connectivity index (χ1) is 15.4. The van der Waals surface area contributed by atoms with Crippen LogP contribution in [0.5, 0.6) is 0 Å². The minimum absolute atomic E-state index is 0.00221. The van der Waals surface area contributed by atoms with Crippen molar-refractivity contribution in [1.29, 1.82) is 0 Å². The van der Waals surface area contributed by atoms with E-state index >= 15 is 0 Å². The molecule has 0 aliphatic rings. The Morgan fingerprint density at radius 2 is 1.78 bits per heavy atom. The number of carboxylic acids is 1. The third kappa shape index (κ3) is 5.79. The van der Waals surface area contributed by atoms with Crippen molar-refractivity contribution < 1.29 is 19.1 Å². The maximum absolute atomic E-state index is 13.9. The van der Waals surface area contributed by atoms with E-state index in [1.54, 1.807) is 48.5 Å². The van der Waals surface area contributed by atoms with E-state index in [0.717, 1.165) is 5.56 Å². The van der Waals surface area contributed by atoms with Crippen LogP contribution in [-0.4, -0.2) is 21.7 Å². The number of anilines is 1. The average Bonchev–Trinajstić information content (AvgIpc) is 2.77. The summed E-state index contributed by atoms with van der Waals surface area (Å²) in [5, 5.41) is 14.3. The smallest absolute Gasteiger partial charge is 0.319 e. The van der Waals surface area contributed by atoms with Crippen LogP contribution in [0.2, 0.25) is 0 Å². The Kier molecular flexibility index (Phi) is 7.35. The van der Waals surface area contributed by atoms with Gasteiger partial charge >= 0.3 is 12.0 Å². The van der Waals surface area contributed by atoms with Gasteiger partial charge in [0.2, 0.25) is 0 Å². The van der Waals surface area contributed by atoms with Crippen LogP contribution in [0.15, 0.2) is 71.7 Å². The van der Waals surface area contributed by atoms with Gasteiger partial charge in [0.1, 0.15) is 11.5 Å². The van der Waals surface area contributed by atoms with Crippen molar-refractivity contribution in [1.82, 2.24) is 9.88 Å². The molecule has 0 bridgehead atoms. The summed E-state index contributed by atoms with van der Waals surface area (Å²) in [6, 6.07) is 14.4. The first-order valence-electron chi connectivity index (χ1n) is 9.88. The van der Waals surface area contributed by atoms with Gasteiger partial charge < -0.3 is 26.0 Å². The molecule has 0 fully saturated rings. The van der Waals surface area contributed by atoms with Gasteiger partial charge in [-0.05, 0) is 29.3 Å². The summed E-state index contributed by atoms with van der Waals surface area (Å²) >= 11 is 0. The number of hydrogen-bond donors (Lipinski definition) is 4. The molecule has 0 saturated heterocycles. The fourth-order valence-corrected chi connectivity index (χ4v) is 3.20. The summed E-state index contributed by atoms with van der Waals surface area (Å²) in [6.07, 6.45) is 1.14. The van der Waals surface area contributed by atoms with Crippen LogP contribution in [-0.2, 0) is 17.9 Å². The zero-order valence-electron chi connectivity index (χ0n) is 17.1. The van der Waals surface area contributed by atoms with E-state index in [0.29, 0.717) is 17.7 Å². The fraction of sp³-hybridized carbons (Fsp3) is 0.174. The predicted molar refractivity (Wildman–Crippen MR) is 118 cm³/mol. The van der Waals surface area contributed by atoms with Crippen molar-refractivity contribution >= 4 is 17.7 Å². The second-order valence-electron chi connectivity index (χ2n) is 7.14. The number of aliphatic carboxylic acids is 1. The van der Waals surface area contributed by atoms with Gasteiger partial charge in [0, 0.05) is 18.3 Å². The van der Waals surface area contributed by atoms with Crippen molar-refractivity contribution in [2.24, 2.45) is 5.73 Å². The van der Waals surface area contributed by atoms with E-state index in [4.69, 9.17) is 5.73 Å². The lowest BCUT2D eigenvalue weighted by Crippen LogP contribution is -2.36. The molecule has 0 radical (unpaired) electrons. The minimum atomic E-state index is -1.09. The first kappa shape index (κ1) is 22.7. The average molecular weight is 438 g/mol. The van der Waals surface area contributed by atoms with Crippen molar-refractivity contribution in [3.05, 3.63) is 99.7 Å². The highest BCUT2D eigenvalue weighted by Crippen LogP contribution is 2.18. The molecule has 8 nitrogen and oxygen atoms in total. The van der Waals surface area contributed by atoms with Gasteiger partial charge in [-0.1, -0.05) is 42.5 Å². The molecule has 0 saturated carbocycles. The van der Waals surface area contributed by atoms with E-state index in [1.165, 1.54) is 22.9 Å². The lowest BCUT2D eigenvalue weighted by Gasteiger charge is -2.18. The lowest BCUT2D eigenvalue weighted by molar-refractivity contribution is -0.137. The number of nitrogens with one attached hydrogen (secondary N) is 2. The number of nitrogens with two attached hydrogens (primary N) is 1. The third-order valence-electron chi connectivity index (χ3n) is 4.87. The van der Waals surface area contributed by atoms with Gasteiger partial charge in [0.15, 0.2) is 0 Å². The summed E-state index contributed by atoms with van der Waals surface area (Å²) in [7, 11) is 0. The van der Waals surface area contributed by atoms with Gasteiger partial charge in [-0.25, -0.2) is 9.18 Å². The Hall–Kier alpha value is -3.98. The standard InChI is InChI=1S/C23H23FN4O4/c24-18-5-2-1-4-17(18)14-28-11-3-6-19(22(28)31)26-23(32)27-20(12-21(29)30)16-9-7-15(13-25)8-10-16/h1-11,20H,12-14,25H2,(H,29,30)(H2,26,27,32)/t20-/m0/s1. The number of carbonyl (C=O) groups excluding carboxylic acids is 1. The number of rotatable bonds is 8. The van der Waals surface area contributed by atoms with Crippen LogP contribution in [0.4, 0.5) is 14.9 Å². The van der Waals surface area contributed by atoms with Gasteiger partial charge in [0.05, 0.1) is 19.0 Å². The quantitative estimate of drug-likeness (QED) is 0.430. The largest absolute Gasteiger partial charge is 0.481 e. The summed E-state index contributed by atoms with van der Waals surface area (Å²) < 4.78 is 15.2. The number of carboxylic acid groups (broad SMARTS) is 1. The molecule has 9 heteroatoms. The number of urea groups is 1. The normalized spacial score (nSPS) is 11.6. The van der Waals surface area contributed by atoms with Gasteiger partial charge in [-0.3, -0.25) is 9.59 Å². The second-order valence-corrected chi connectivity index (χ2v) is 7.14. The summed E-state index contributed by atoms with van der Waals surface area (Å²) in [5.74, 6) is -1.53. The Labute approximate surface area is 183 Å². The molecule has 0 aliphatic carbocycles. The SMILES string of the molecule is NCc1ccc([C@H](CC(=O)O)NC(=O)Nc2cccn(Cc3ccccc3F)c2=O)cc1. The molecule has 1 atom stereocenters. The monoisotopic (exact) mass is 438 g/mol. The number of halogens is 1. The molecule has 0 spiro atoms. The van der Waals surface area contributed by atoms with E-state index in [9.17, 15) is 23.9 Å². The van der Waals surface area contributed by atoms with E-state index < -0.39 is 29.4 Å². The molecule has 0 unspecified atom stereocenters. The highest BCUT2D eigenvalue weighted by atomic mass is 19.1. The van der Waals surface area contributed by atoms with Gasteiger partial charge in [0.25, 0.3) is 5.56 Å². The maximum Gasteiger partial charge on any atom is 0.319 e. The van der Waals surface area contributed by atoms with E-state index in [2.05, 4.69) is 10.6 Å². The number of carbonyl (C=O) groups is 2. The van der Waals surface area contributed by atoms with Gasteiger partial charge in [-0.15, -0.1) is 0 Å². The number of hydrogen-bond acceptors (Lipinski definition) is 4. The number of benzene rings is 2. The Balaban J connectivity index is 1.75. The fourth-order valence-electron chi connectivity index (χ4n) is 3.20. The summed E-state index contributed by atoms with van der Waals surface area (Å²) in [6.45, 7) is 0.336. The Morgan fingerprint density at radius 1 is 1.06 bits per heavy atom. The Bertz CT molecular complexity index is 1160. The topological polar surface area (TPSA) is 126 Å². The highest BCUT2D eigenvalue weighted by Gasteiger charge is 2.19. The van der Waals surface area contributed by atoms with Crippen molar-refractivity contribution in [3.63, 3.8) is 0 Å². The first-order valence-corrected chi connectivity index (χ1v) is 9.88. The highest BCUT2D eigenvalue weighted by molar-refractivity contribution is 5.89. The molecular formula is C23H23FN4O4. The lowest BCUT2D eigenvalue weighted by atomic mass is 10.0. The van der Waals surface area contributed by atoms with Crippen molar-refractivity contribution in [3.8, 4) is 0 Å². The number of pyridine rings is 1. The van der Waals surface area contributed by atoms with Crippen molar-refractivity contribution in [2.75, 3.05) is 5.32 Å². The minimum Gasteiger partial charge on any atom is -0.481 e. The zero-order valence-corrected chi connectivity index (χ0v) is 17.1. The molecule has 0 aliphatic heterocycles. The molecule has 5 N–H and O–H groups in total. The molecular weight excluding hydrogens is 415 g/mol.